The zero-order chi connectivity index (χ0) is 24.1. The zero-order valence-electron chi connectivity index (χ0n) is 19.7. The molecule has 1 atom stereocenters. The second kappa shape index (κ2) is 9.83. The molecule has 6 heteroatoms. The summed E-state index contributed by atoms with van der Waals surface area (Å²) in [5, 5.41) is 8.92. The normalized spacial score (nSPS) is 17.7. The molecule has 0 aliphatic heterocycles. The van der Waals surface area contributed by atoms with Gasteiger partial charge in [0.25, 0.3) is 0 Å². The minimum atomic E-state index is -0.249. The summed E-state index contributed by atoms with van der Waals surface area (Å²) in [5.74, 6) is -0.495. The maximum atomic E-state index is 12.4. The number of hydrogen-bond donors (Lipinski definition) is 0. The summed E-state index contributed by atoms with van der Waals surface area (Å²) in [7, 11) is 0. The summed E-state index contributed by atoms with van der Waals surface area (Å²) in [5.41, 5.74) is 4.33. The largest absolute Gasteiger partial charge is 0.294 e. The van der Waals surface area contributed by atoms with Crippen LogP contribution in [-0.2, 0) is 15.1 Å². The molecule has 0 fully saturated rings. The Kier molecular flexibility index (Phi) is 6.68. The van der Waals surface area contributed by atoms with Gasteiger partial charge in [-0.2, -0.15) is 10.2 Å². The number of allylic oxidation sites excluding steroid dienone is 6. The van der Waals surface area contributed by atoms with Crippen molar-refractivity contribution in [2.24, 2.45) is 0 Å². The van der Waals surface area contributed by atoms with E-state index in [2.05, 4.69) is 29.3 Å². The quantitative estimate of drug-likeness (QED) is 0.349. The molecule has 0 saturated carbocycles. The lowest BCUT2D eigenvalue weighted by atomic mass is 9.93. The highest BCUT2D eigenvalue weighted by Gasteiger charge is 2.26. The van der Waals surface area contributed by atoms with Crippen LogP contribution >= 0.6 is 0 Å². The number of aromatic nitrogens is 4. The Labute approximate surface area is 199 Å². The first-order valence-corrected chi connectivity index (χ1v) is 11.3. The van der Waals surface area contributed by atoms with Gasteiger partial charge in [0.05, 0.1) is 30.0 Å². The molecule has 0 radical (unpaired) electrons. The molecule has 1 aliphatic carbocycles. The van der Waals surface area contributed by atoms with Gasteiger partial charge in [0, 0.05) is 22.5 Å². The maximum Gasteiger partial charge on any atom is 0.163 e. The number of benzene rings is 1. The van der Waals surface area contributed by atoms with Gasteiger partial charge in [-0.15, -0.1) is 0 Å². The van der Waals surface area contributed by atoms with Crippen molar-refractivity contribution >= 4 is 23.7 Å². The molecular weight excluding hydrogens is 424 g/mol. The third-order valence-corrected chi connectivity index (χ3v) is 6.06. The van der Waals surface area contributed by atoms with Gasteiger partial charge in [-0.1, -0.05) is 42.5 Å². The summed E-state index contributed by atoms with van der Waals surface area (Å²) in [6.07, 6.45) is 18.8. The van der Waals surface area contributed by atoms with Gasteiger partial charge in [0.2, 0.25) is 0 Å². The molecule has 1 aromatic carbocycles. The van der Waals surface area contributed by atoms with Gasteiger partial charge in [0.1, 0.15) is 0 Å². The summed E-state index contributed by atoms with van der Waals surface area (Å²) < 4.78 is 3.79. The van der Waals surface area contributed by atoms with E-state index < -0.39 is 0 Å². The van der Waals surface area contributed by atoms with E-state index in [0.717, 1.165) is 34.6 Å². The zero-order valence-corrected chi connectivity index (χ0v) is 19.7. The Morgan fingerprint density at radius 2 is 1.59 bits per heavy atom. The first kappa shape index (κ1) is 23.1. The van der Waals surface area contributed by atoms with Crippen LogP contribution in [0.5, 0.6) is 0 Å². The summed E-state index contributed by atoms with van der Waals surface area (Å²) in [6, 6.07) is 9.79. The summed E-state index contributed by atoms with van der Waals surface area (Å²) in [4.78, 5) is 24.7. The Morgan fingerprint density at radius 1 is 0.941 bits per heavy atom. The van der Waals surface area contributed by atoms with E-state index >= 15 is 0 Å². The highest BCUT2D eigenvalue weighted by molar-refractivity contribution is 6.10. The van der Waals surface area contributed by atoms with Gasteiger partial charge in [-0.05, 0) is 63.6 Å². The first-order chi connectivity index (χ1) is 16.4. The third kappa shape index (κ3) is 4.96. The SMILES string of the molecule is Cc1c(/C=C/C(=O)CC(=O)/C=C/c2cnn(C3(C)C=CC=CC3)c2C)cnn1-c1ccccc1. The average Bonchev–Trinajstić information content (AvgIpc) is 3.39. The van der Waals surface area contributed by atoms with Gasteiger partial charge >= 0.3 is 0 Å². The summed E-state index contributed by atoms with van der Waals surface area (Å²) in [6.45, 7) is 6.06. The van der Waals surface area contributed by atoms with E-state index in [4.69, 9.17) is 0 Å². The fourth-order valence-electron chi connectivity index (χ4n) is 4.04. The molecule has 4 rings (SSSR count). The van der Waals surface area contributed by atoms with Gasteiger partial charge in [0.15, 0.2) is 11.6 Å². The van der Waals surface area contributed by atoms with E-state index in [0.29, 0.717) is 0 Å². The van der Waals surface area contributed by atoms with Crippen LogP contribution in [0, 0.1) is 13.8 Å². The number of nitrogens with zero attached hydrogens (tertiary/aromatic N) is 4. The van der Waals surface area contributed by atoms with Crippen molar-refractivity contribution < 1.29 is 9.59 Å². The lowest BCUT2D eigenvalue weighted by molar-refractivity contribution is -0.121. The Hall–Kier alpha value is -4.06. The minimum absolute atomic E-state index is 0.183. The molecule has 0 bridgehead atoms. The lowest BCUT2D eigenvalue weighted by Gasteiger charge is -2.28. The van der Waals surface area contributed by atoms with Crippen LogP contribution in [0.25, 0.3) is 17.8 Å². The molecule has 6 nitrogen and oxygen atoms in total. The first-order valence-electron chi connectivity index (χ1n) is 11.3. The molecule has 0 saturated heterocycles. The van der Waals surface area contributed by atoms with Gasteiger partial charge < -0.3 is 0 Å². The van der Waals surface area contributed by atoms with Crippen molar-refractivity contribution in [3.63, 3.8) is 0 Å². The van der Waals surface area contributed by atoms with Crippen molar-refractivity contribution in [1.82, 2.24) is 19.6 Å². The number of ketones is 2. The van der Waals surface area contributed by atoms with Crippen molar-refractivity contribution in [3.05, 3.63) is 102 Å². The highest BCUT2D eigenvalue weighted by atomic mass is 16.1. The maximum absolute atomic E-state index is 12.4. The van der Waals surface area contributed by atoms with E-state index in [1.54, 1.807) is 24.5 Å². The van der Waals surface area contributed by atoms with Crippen molar-refractivity contribution in [2.45, 2.75) is 39.2 Å². The Balaban J connectivity index is 1.37. The molecular formula is C28H28N4O2. The fourth-order valence-corrected chi connectivity index (χ4v) is 4.04. The second-order valence-electron chi connectivity index (χ2n) is 8.65. The Bertz CT molecular complexity index is 1320. The predicted octanol–water partition coefficient (Wildman–Crippen LogP) is 5.17. The van der Waals surface area contributed by atoms with Crippen LogP contribution in [0.1, 0.15) is 42.3 Å². The van der Waals surface area contributed by atoms with Crippen LogP contribution < -0.4 is 0 Å². The standard InChI is InChI=1S/C28H28N4O2/c1-21-23(19-29-31(21)25-10-6-4-7-11-25)12-14-26(33)18-27(34)15-13-24-20-30-32(22(24)2)28(3)16-8-5-9-17-28/h4-16,19-20H,17-18H2,1-3H3/b14-12+,15-13+. The molecule has 1 unspecified atom stereocenters. The Morgan fingerprint density at radius 3 is 2.24 bits per heavy atom. The predicted molar refractivity (Wildman–Crippen MR) is 135 cm³/mol. The minimum Gasteiger partial charge on any atom is -0.294 e. The second-order valence-corrected chi connectivity index (χ2v) is 8.65. The lowest BCUT2D eigenvalue weighted by Crippen LogP contribution is -2.30. The van der Waals surface area contributed by atoms with Crippen LogP contribution in [-0.4, -0.2) is 31.1 Å². The average molecular weight is 453 g/mol. The molecule has 1 aliphatic rings. The molecule has 2 aromatic heterocycles. The van der Waals surface area contributed by atoms with Crippen LogP contribution in [0.15, 0.2) is 79.2 Å². The molecule has 0 spiro atoms. The van der Waals surface area contributed by atoms with E-state index in [9.17, 15) is 9.59 Å². The molecule has 0 amide bonds. The topological polar surface area (TPSA) is 69.8 Å². The molecule has 2 heterocycles. The molecule has 3 aromatic rings. The molecule has 172 valence electrons. The smallest absolute Gasteiger partial charge is 0.163 e. The van der Waals surface area contributed by atoms with E-state index in [-0.39, 0.29) is 23.5 Å². The summed E-state index contributed by atoms with van der Waals surface area (Å²) >= 11 is 0. The van der Waals surface area contributed by atoms with Gasteiger partial charge in [-0.3, -0.25) is 14.3 Å². The van der Waals surface area contributed by atoms with Crippen molar-refractivity contribution in [3.8, 4) is 5.69 Å². The van der Waals surface area contributed by atoms with Gasteiger partial charge in [-0.25, -0.2) is 4.68 Å². The highest BCUT2D eigenvalue weighted by Crippen LogP contribution is 2.28. The fraction of sp³-hybridized carbons (Fsp3) is 0.214. The number of carbonyl (C=O) groups is 2. The monoisotopic (exact) mass is 452 g/mol. The van der Waals surface area contributed by atoms with E-state index in [1.807, 2.05) is 65.7 Å². The van der Waals surface area contributed by atoms with Crippen LogP contribution in [0.3, 0.4) is 0 Å². The van der Waals surface area contributed by atoms with Crippen molar-refractivity contribution in [2.75, 3.05) is 0 Å². The molecule has 0 N–H and O–H groups in total. The number of para-hydroxylation sites is 1. The number of hydrogen-bond acceptors (Lipinski definition) is 4. The third-order valence-electron chi connectivity index (χ3n) is 6.06. The van der Waals surface area contributed by atoms with Crippen LogP contribution in [0.4, 0.5) is 0 Å². The van der Waals surface area contributed by atoms with Crippen molar-refractivity contribution in [1.29, 1.82) is 0 Å². The number of carbonyl (C=O) groups excluding carboxylic acids is 2. The van der Waals surface area contributed by atoms with E-state index in [1.165, 1.54) is 12.2 Å². The molecule has 34 heavy (non-hydrogen) atoms. The van der Waals surface area contributed by atoms with Crippen LogP contribution in [0.2, 0.25) is 0 Å². The number of rotatable bonds is 8.